The maximum Gasteiger partial charge on any atom is 0.305 e. The summed E-state index contributed by atoms with van der Waals surface area (Å²) in [4.78, 5) is 36.7. The molecule has 10 heteroatoms. The van der Waals surface area contributed by atoms with Crippen molar-refractivity contribution in [2.75, 3.05) is 18.9 Å². The van der Waals surface area contributed by atoms with Crippen molar-refractivity contribution in [2.45, 2.75) is 104 Å². The molecule has 0 saturated heterocycles. The molecule has 2 heterocycles. The Morgan fingerprint density at radius 1 is 0.886 bits per heavy atom. The maximum absolute atomic E-state index is 12.2. The van der Waals surface area contributed by atoms with Gasteiger partial charge in [-0.1, -0.05) is 65.2 Å². The Labute approximate surface area is 207 Å². The van der Waals surface area contributed by atoms with Crippen LogP contribution in [0.1, 0.15) is 90.9 Å². The lowest BCUT2D eigenvalue weighted by molar-refractivity contribution is -0.157. The SMILES string of the molecule is CCCCCCCC(=O)OCC(COC(=O)CCCCCCC)OCn1cnc2cnc(N)nc21. The molecule has 0 aliphatic carbocycles. The Morgan fingerprint density at radius 2 is 1.46 bits per heavy atom. The number of nitrogen functional groups attached to an aromatic ring is 1. The van der Waals surface area contributed by atoms with Crippen LogP contribution in [-0.2, 0) is 30.5 Å². The zero-order valence-corrected chi connectivity index (χ0v) is 21.2. The summed E-state index contributed by atoms with van der Waals surface area (Å²) in [6.07, 6.45) is 13.8. The third-order valence-corrected chi connectivity index (χ3v) is 5.66. The number of carbonyl (C=O) groups excluding carboxylic acids is 2. The minimum atomic E-state index is -0.611. The fourth-order valence-corrected chi connectivity index (χ4v) is 3.56. The highest BCUT2D eigenvalue weighted by Gasteiger charge is 2.17. The van der Waals surface area contributed by atoms with Crippen molar-refractivity contribution in [1.29, 1.82) is 0 Å². The molecule has 2 rings (SSSR count). The number of fused-ring (bicyclic) bond motifs is 1. The second kappa shape index (κ2) is 16.8. The van der Waals surface area contributed by atoms with Gasteiger partial charge < -0.3 is 19.9 Å². The summed E-state index contributed by atoms with van der Waals surface area (Å²) in [5.41, 5.74) is 6.80. The van der Waals surface area contributed by atoms with E-state index in [0.717, 1.165) is 51.4 Å². The Hall–Kier alpha value is -2.75. The molecular formula is C25H41N5O5. The number of nitrogens with zero attached hydrogens (tertiary/aromatic N) is 4. The monoisotopic (exact) mass is 491 g/mol. The summed E-state index contributed by atoms with van der Waals surface area (Å²) in [6, 6.07) is 0. The van der Waals surface area contributed by atoms with Crippen LogP contribution in [0.15, 0.2) is 12.5 Å². The fourth-order valence-electron chi connectivity index (χ4n) is 3.56. The minimum absolute atomic E-state index is 0.00132. The van der Waals surface area contributed by atoms with Crippen LogP contribution in [0.5, 0.6) is 0 Å². The van der Waals surface area contributed by atoms with E-state index < -0.39 is 6.10 Å². The Bertz CT molecular complexity index is 858. The predicted octanol–water partition coefficient (Wildman–Crippen LogP) is 4.56. The number of ether oxygens (including phenoxy) is 3. The van der Waals surface area contributed by atoms with Gasteiger partial charge in [0, 0.05) is 12.8 Å². The summed E-state index contributed by atoms with van der Waals surface area (Å²) in [7, 11) is 0. The van der Waals surface area contributed by atoms with Gasteiger partial charge in [0.2, 0.25) is 5.95 Å². The van der Waals surface area contributed by atoms with Crippen LogP contribution in [0.2, 0.25) is 0 Å². The fraction of sp³-hybridized carbons (Fsp3) is 0.720. The third kappa shape index (κ3) is 11.5. The first kappa shape index (κ1) is 28.5. The molecule has 35 heavy (non-hydrogen) atoms. The van der Waals surface area contributed by atoms with E-state index in [0.29, 0.717) is 24.0 Å². The molecule has 196 valence electrons. The zero-order valence-electron chi connectivity index (χ0n) is 21.2. The Morgan fingerprint density at radius 3 is 2.03 bits per heavy atom. The molecule has 0 unspecified atom stereocenters. The van der Waals surface area contributed by atoms with Gasteiger partial charge in [0.25, 0.3) is 0 Å². The maximum atomic E-state index is 12.2. The number of rotatable bonds is 19. The molecule has 2 aromatic rings. The normalized spacial score (nSPS) is 11.3. The molecule has 0 radical (unpaired) electrons. The van der Waals surface area contributed by atoms with E-state index >= 15 is 0 Å². The van der Waals surface area contributed by atoms with Crippen molar-refractivity contribution in [3.8, 4) is 0 Å². The van der Waals surface area contributed by atoms with Crippen LogP contribution < -0.4 is 5.73 Å². The molecule has 0 fully saturated rings. The van der Waals surface area contributed by atoms with Crippen LogP contribution in [0.4, 0.5) is 5.95 Å². The lowest BCUT2D eigenvalue weighted by Crippen LogP contribution is -2.29. The van der Waals surface area contributed by atoms with Gasteiger partial charge >= 0.3 is 11.9 Å². The van der Waals surface area contributed by atoms with E-state index in [1.165, 1.54) is 19.0 Å². The smallest absolute Gasteiger partial charge is 0.305 e. The number of hydrogen-bond donors (Lipinski definition) is 1. The van der Waals surface area contributed by atoms with E-state index in [1.54, 1.807) is 10.9 Å². The number of anilines is 1. The highest BCUT2D eigenvalue weighted by molar-refractivity contribution is 5.70. The van der Waals surface area contributed by atoms with E-state index in [-0.39, 0.29) is 37.8 Å². The highest BCUT2D eigenvalue weighted by Crippen LogP contribution is 2.12. The summed E-state index contributed by atoms with van der Waals surface area (Å²) in [5.74, 6) is -0.409. The van der Waals surface area contributed by atoms with Gasteiger partial charge in [0.1, 0.15) is 31.6 Å². The van der Waals surface area contributed by atoms with Crippen molar-refractivity contribution in [3.05, 3.63) is 12.5 Å². The van der Waals surface area contributed by atoms with Crippen molar-refractivity contribution in [3.63, 3.8) is 0 Å². The van der Waals surface area contributed by atoms with Crippen molar-refractivity contribution in [2.24, 2.45) is 0 Å². The van der Waals surface area contributed by atoms with Gasteiger partial charge in [-0.2, -0.15) is 4.98 Å². The number of hydrogen-bond acceptors (Lipinski definition) is 9. The standard InChI is InChI=1S/C25H41N5O5/c1-3-5-7-9-11-13-22(31)33-16-20(17-34-23(32)14-12-10-8-6-4-2)35-19-30-18-28-21-15-27-25(26)29-24(21)30/h15,18,20H,3-14,16-17,19H2,1-2H3,(H2,26,27,29). The molecule has 0 spiro atoms. The largest absolute Gasteiger partial charge is 0.463 e. The summed E-state index contributed by atoms with van der Waals surface area (Å²) in [5, 5.41) is 0. The average Bonchev–Trinajstić information content (AvgIpc) is 3.25. The van der Waals surface area contributed by atoms with Gasteiger partial charge in [-0.15, -0.1) is 0 Å². The van der Waals surface area contributed by atoms with Crippen LogP contribution in [0, 0.1) is 0 Å². The van der Waals surface area contributed by atoms with Crippen LogP contribution in [-0.4, -0.2) is 50.8 Å². The van der Waals surface area contributed by atoms with Gasteiger partial charge in [-0.3, -0.25) is 14.2 Å². The number of imidazole rings is 1. The lowest BCUT2D eigenvalue weighted by atomic mass is 10.1. The van der Waals surface area contributed by atoms with E-state index in [9.17, 15) is 9.59 Å². The van der Waals surface area contributed by atoms with Gasteiger partial charge in [-0.05, 0) is 12.8 Å². The van der Waals surface area contributed by atoms with Crippen molar-refractivity contribution < 1.29 is 23.8 Å². The summed E-state index contributed by atoms with van der Waals surface area (Å²) < 4.78 is 18.4. The third-order valence-electron chi connectivity index (χ3n) is 5.66. The molecule has 0 aliphatic rings. The second-order valence-corrected chi connectivity index (χ2v) is 8.76. The lowest BCUT2D eigenvalue weighted by Gasteiger charge is -2.18. The molecule has 0 aromatic carbocycles. The second-order valence-electron chi connectivity index (χ2n) is 8.76. The minimum Gasteiger partial charge on any atom is -0.463 e. The molecule has 0 amide bonds. The Balaban J connectivity index is 1.84. The zero-order chi connectivity index (χ0) is 25.3. The molecule has 2 N–H and O–H groups in total. The molecule has 2 aromatic heterocycles. The first-order valence-electron chi connectivity index (χ1n) is 12.9. The van der Waals surface area contributed by atoms with Crippen molar-refractivity contribution >= 4 is 29.1 Å². The molecule has 0 atom stereocenters. The molecule has 10 nitrogen and oxygen atoms in total. The van der Waals surface area contributed by atoms with E-state index in [4.69, 9.17) is 19.9 Å². The average molecular weight is 492 g/mol. The number of esters is 2. The molecular weight excluding hydrogens is 450 g/mol. The first-order valence-corrected chi connectivity index (χ1v) is 12.9. The quantitative estimate of drug-likeness (QED) is 0.222. The molecule has 0 saturated carbocycles. The first-order chi connectivity index (χ1) is 17.0. The van der Waals surface area contributed by atoms with Gasteiger partial charge in [-0.25, -0.2) is 9.97 Å². The highest BCUT2D eigenvalue weighted by atomic mass is 16.6. The van der Waals surface area contributed by atoms with Crippen LogP contribution in [0.3, 0.4) is 0 Å². The number of unbranched alkanes of at least 4 members (excludes halogenated alkanes) is 8. The summed E-state index contributed by atoms with van der Waals surface area (Å²) in [6.45, 7) is 4.40. The van der Waals surface area contributed by atoms with Crippen molar-refractivity contribution in [1.82, 2.24) is 19.5 Å². The van der Waals surface area contributed by atoms with Gasteiger partial charge in [0.15, 0.2) is 5.65 Å². The summed E-state index contributed by atoms with van der Waals surface area (Å²) >= 11 is 0. The Kier molecular flexibility index (Phi) is 13.7. The van der Waals surface area contributed by atoms with Crippen LogP contribution >= 0.6 is 0 Å². The predicted molar refractivity (Wildman–Crippen MR) is 133 cm³/mol. The number of aromatic nitrogens is 4. The molecule has 0 bridgehead atoms. The van der Waals surface area contributed by atoms with E-state index in [1.807, 2.05) is 0 Å². The molecule has 0 aliphatic heterocycles. The topological polar surface area (TPSA) is 131 Å². The van der Waals surface area contributed by atoms with E-state index in [2.05, 4.69) is 28.8 Å². The van der Waals surface area contributed by atoms with Gasteiger partial charge in [0.05, 0.1) is 12.5 Å². The number of nitrogens with two attached hydrogens (primary N) is 1. The van der Waals surface area contributed by atoms with Crippen LogP contribution in [0.25, 0.3) is 11.2 Å². The number of carbonyl (C=O) groups is 2.